The number of nitrogens with one attached hydrogen (secondary N) is 2. The van der Waals surface area contributed by atoms with Crippen LogP contribution in [0.5, 0.6) is 0 Å². The minimum absolute atomic E-state index is 0.0182. The number of halogens is 1. The van der Waals surface area contributed by atoms with Crippen molar-refractivity contribution >= 4 is 11.7 Å². The first-order valence-corrected chi connectivity index (χ1v) is 9.15. The number of carbonyl (C=O) groups is 2. The van der Waals surface area contributed by atoms with Gasteiger partial charge in [-0.2, -0.15) is 0 Å². The number of aryl methyl sites for hydroxylation is 1. The Morgan fingerprint density at radius 3 is 2.41 bits per heavy atom. The molecule has 6 heteroatoms. The first kappa shape index (κ1) is 19.2. The van der Waals surface area contributed by atoms with E-state index in [4.69, 9.17) is 5.73 Å². The normalized spacial score (nSPS) is 16.2. The van der Waals surface area contributed by atoms with Crippen molar-refractivity contribution in [2.45, 2.75) is 24.9 Å². The summed E-state index contributed by atoms with van der Waals surface area (Å²) in [4.78, 5) is 25.4. The highest BCUT2D eigenvalue weighted by molar-refractivity contribution is 5.99. The molecule has 1 saturated heterocycles. The number of carbonyl (C=O) groups excluding carboxylic acids is 2. The predicted molar refractivity (Wildman–Crippen MR) is 102 cm³/mol. The molecule has 0 bridgehead atoms. The van der Waals surface area contributed by atoms with Crippen molar-refractivity contribution in [3.8, 4) is 0 Å². The van der Waals surface area contributed by atoms with Gasteiger partial charge in [0.1, 0.15) is 5.82 Å². The zero-order chi connectivity index (χ0) is 19.2. The van der Waals surface area contributed by atoms with Gasteiger partial charge in [-0.3, -0.25) is 9.59 Å². The fraction of sp³-hybridized carbons (Fsp3) is 0.333. The van der Waals surface area contributed by atoms with Crippen molar-refractivity contribution in [3.63, 3.8) is 0 Å². The molecular formula is C21H24FN3O2. The minimum atomic E-state index is -0.758. The van der Waals surface area contributed by atoms with Crippen LogP contribution < -0.4 is 16.4 Å². The molecule has 1 heterocycles. The van der Waals surface area contributed by atoms with E-state index in [1.807, 2.05) is 6.07 Å². The van der Waals surface area contributed by atoms with E-state index in [1.54, 1.807) is 42.5 Å². The molecule has 0 radical (unpaired) electrons. The van der Waals surface area contributed by atoms with Crippen LogP contribution in [0.4, 0.5) is 4.39 Å². The SMILES string of the molecule is NC(CCc1ccccc1F)C(=O)C(NC(=O)c1ccccc1)C1CNC1. The molecule has 1 fully saturated rings. The van der Waals surface area contributed by atoms with Gasteiger partial charge in [0.25, 0.3) is 5.91 Å². The lowest BCUT2D eigenvalue weighted by Crippen LogP contribution is -2.60. The highest BCUT2D eigenvalue weighted by Gasteiger charge is 2.36. The molecule has 0 aromatic heterocycles. The summed E-state index contributed by atoms with van der Waals surface area (Å²) in [5.74, 6) is -0.775. The maximum Gasteiger partial charge on any atom is 0.251 e. The standard InChI is InChI=1S/C21H24FN3O2/c22-17-9-5-4-6-14(17)10-11-18(23)20(26)19(16-12-24-13-16)25-21(27)15-7-2-1-3-8-15/h1-9,16,18-19,24H,10-13,23H2,(H,25,27). The highest BCUT2D eigenvalue weighted by atomic mass is 19.1. The quantitative estimate of drug-likeness (QED) is 0.661. The Kier molecular flexibility index (Phi) is 6.32. The van der Waals surface area contributed by atoms with Crippen LogP contribution in [0.1, 0.15) is 22.3 Å². The van der Waals surface area contributed by atoms with Crippen LogP contribution >= 0.6 is 0 Å². The molecule has 1 aliphatic heterocycles. The molecule has 1 aliphatic rings. The molecule has 142 valence electrons. The third kappa shape index (κ3) is 4.78. The Hall–Kier alpha value is -2.57. The molecular weight excluding hydrogens is 345 g/mol. The van der Waals surface area contributed by atoms with E-state index in [1.165, 1.54) is 6.07 Å². The van der Waals surface area contributed by atoms with Crippen molar-refractivity contribution in [3.05, 3.63) is 71.5 Å². The summed E-state index contributed by atoms with van der Waals surface area (Å²) >= 11 is 0. The van der Waals surface area contributed by atoms with Gasteiger partial charge < -0.3 is 16.4 Å². The monoisotopic (exact) mass is 369 g/mol. The van der Waals surface area contributed by atoms with Crippen LogP contribution in [-0.4, -0.2) is 36.9 Å². The average molecular weight is 369 g/mol. The van der Waals surface area contributed by atoms with Crippen molar-refractivity contribution in [1.82, 2.24) is 10.6 Å². The number of hydrogen-bond acceptors (Lipinski definition) is 4. The second-order valence-corrected chi connectivity index (χ2v) is 6.87. The maximum absolute atomic E-state index is 13.8. The number of rotatable bonds is 8. The van der Waals surface area contributed by atoms with Crippen molar-refractivity contribution in [2.75, 3.05) is 13.1 Å². The molecule has 1 amide bonds. The minimum Gasteiger partial charge on any atom is -0.342 e. The topological polar surface area (TPSA) is 84.2 Å². The number of nitrogens with two attached hydrogens (primary N) is 1. The fourth-order valence-corrected chi connectivity index (χ4v) is 3.17. The first-order valence-electron chi connectivity index (χ1n) is 9.15. The van der Waals surface area contributed by atoms with Gasteiger partial charge in [0.05, 0.1) is 12.1 Å². The first-order chi connectivity index (χ1) is 13.1. The summed E-state index contributed by atoms with van der Waals surface area (Å²) in [5, 5.41) is 5.96. The van der Waals surface area contributed by atoms with Gasteiger partial charge in [-0.25, -0.2) is 4.39 Å². The van der Waals surface area contributed by atoms with Crippen LogP contribution in [0.3, 0.4) is 0 Å². The number of ketones is 1. The molecule has 3 rings (SSSR count). The Morgan fingerprint density at radius 1 is 1.11 bits per heavy atom. The van der Waals surface area contributed by atoms with Crippen LogP contribution in [0.25, 0.3) is 0 Å². The molecule has 0 saturated carbocycles. The Labute approximate surface area is 158 Å². The maximum atomic E-state index is 13.8. The van der Waals surface area contributed by atoms with Crippen LogP contribution in [0, 0.1) is 11.7 Å². The number of hydrogen-bond donors (Lipinski definition) is 3. The van der Waals surface area contributed by atoms with Gasteiger partial charge in [0, 0.05) is 24.6 Å². The Bertz CT molecular complexity index is 793. The molecule has 2 aromatic rings. The lowest BCUT2D eigenvalue weighted by atomic mass is 9.86. The highest BCUT2D eigenvalue weighted by Crippen LogP contribution is 2.16. The van der Waals surface area contributed by atoms with E-state index in [0.29, 0.717) is 37.1 Å². The van der Waals surface area contributed by atoms with E-state index >= 15 is 0 Å². The number of amides is 1. The summed E-state index contributed by atoms with van der Waals surface area (Å²) in [6, 6.07) is 13.9. The van der Waals surface area contributed by atoms with Crippen LogP contribution in [0.2, 0.25) is 0 Å². The summed E-state index contributed by atoms with van der Waals surface area (Å²) in [6.07, 6.45) is 0.708. The van der Waals surface area contributed by atoms with Crippen molar-refractivity contribution in [1.29, 1.82) is 0 Å². The Balaban J connectivity index is 1.64. The lowest BCUT2D eigenvalue weighted by Gasteiger charge is -2.35. The molecule has 27 heavy (non-hydrogen) atoms. The Morgan fingerprint density at radius 2 is 1.78 bits per heavy atom. The molecule has 5 nitrogen and oxygen atoms in total. The van der Waals surface area contributed by atoms with Gasteiger partial charge in [-0.1, -0.05) is 36.4 Å². The molecule has 4 N–H and O–H groups in total. The zero-order valence-corrected chi connectivity index (χ0v) is 15.0. The van der Waals surface area contributed by atoms with Gasteiger partial charge in [0.15, 0.2) is 5.78 Å². The van der Waals surface area contributed by atoms with Gasteiger partial charge in [-0.15, -0.1) is 0 Å². The van der Waals surface area contributed by atoms with E-state index in [-0.39, 0.29) is 23.4 Å². The number of benzene rings is 2. The van der Waals surface area contributed by atoms with Crippen LogP contribution in [-0.2, 0) is 11.2 Å². The van der Waals surface area contributed by atoms with Crippen molar-refractivity contribution in [2.24, 2.45) is 11.7 Å². The molecule has 0 aliphatic carbocycles. The molecule has 2 atom stereocenters. The number of Topliss-reactive ketones (excluding diaryl/α,β-unsaturated/α-hetero) is 1. The summed E-state index contributed by atoms with van der Waals surface area (Å²) in [7, 11) is 0. The molecule has 2 aromatic carbocycles. The van der Waals surface area contributed by atoms with Crippen molar-refractivity contribution < 1.29 is 14.0 Å². The summed E-state index contributed by atoms with van der Waals surface area (Å²) < 4.78 is 13.8. The third-order valence-corrected chi connectivity index (χ3v) is 4.96. The third-order valence-electron chi connectivity index (χ3n) is 4.96. The smallest absolute Gasteiger partial charge is 0.251 e. The summed E-state index contributed by atoms with van der Waals surface area (Å²) in [6.45, 7) is 1.32. The average Bonchev–Trinajstić information content (AvgIpc) is 2.65. The van der Waals surface area contributed by atoms with E-state index in [9.17, 15) is 14.0 Å². The molecule has 0 spiro atoms. The van der Waals surface area contributed by atoms with Gasteiger partial charge >= 0.3 is 0 Å². The van der Waals surface area contributed by atoms with Gasteiger partial charge in [0.2, 0.25) is 0 Å². The zero-order valence-electron chi connectivity index (χ0n) is 15.0. The van der Waals surface area contributed by atoms with E-state index in [2.05, 4.69) is 10.6 Å². The van der Waals surface area contributed by atoms with Gasteiger partial charge in [-0.05, 0) is 36.6 Å². The second-order valence-electron chi connectivity index (χ2n) is 6.87. The lowest BCUT2D eigenvalue weighted by molar-refractivity contribution is -0.124. The second kappa shape index (κ2) is 8.88. The predicted octanol–water partition coefficient (Wildman–Crippen LogP) is 1.67. The largest absolute Gasteiger partial charge is 0.342 e. The van der Waals surface area contributed by atoms with E-state index < -0.39 is 12.1 Å². The summed E-state index contributed by atoms with van der Waals surface area (Å²) in [5.41, 5.74) is 7.14. The van der Waals surface area contributed by atoms with Crippen LogP contribution in [0.15, 0.2) is 54.6 Å². The molecule has 2 unspecified atom stereocenters. The van der Waals surface area contributed by atoms with E-state index in [0.717, 1.165) is 0 Å². The fourth-order valence-electron chi connectivity index (χ4n) is 3.17.